The molecule has 0 aliphatic heterocycles. The summed E-state index contributed by atoms with van der Waals surface area (Å²) in [5.41, 5.74) is 0.820. The first kappa shape index (κ1) is 14.5. The minimum atomic E-state index is -0.348. The summed E-state index contributed by atoms with van der Waals surface area (Å²) in [6.07, 6.45) is 3.77. The first-order chi connectivity index (χ1) is 9.25. The van der Waals surface area contributed by atoms with Gasteiger partial charge in [0, 0.05) is 12.6 Å². The van der Waals surface area contributed by atoms with Gasteiger partial charge in [0.25, 0.3) is 0 Å². The van der Waals surface area contributed by atoms with Crippen LogP contribution in [0.4, 0.5) is 0 Å². The lowest BCUT2D eigenvalue weighted by Gasteiger charge is -2.37. The molecule has 0 radical (unpaired) electrons. The van der Waals surface area contributed by atoms with Crippen molar-refractivity contribution in [2.24, 2.45) is 0 Å². The third-order valence-corrected chi connectivity index (χ3v) is 4.12. The van der Waals surface area contributed by atoms with Crippen LogP contribution < -0.4 is 5.32 Å². The average Bonchev–Trinajstić information content (AvgIpc) is 3.29. The van der Waals surface area contributed by atoms with Crippen molar-refractivity contribution in [2.75, 3.05) is 26.7 Å². The minimum absolute atomic E-state index is 0.125. The van der Waals surface area contributed by atoms with E-state index in [2.05, 4.69) is 29.3 Å². The maximum atomic E-state index is 9.96. The Bertz CT molecular complexity index is 372. The van der Waals surface area contributed by atoms with Crippen LogP contribution in [-0.4, -0.2) is 42.8 Å². The second kappa shape index (κ2) is 6.51. The van der Waals surface area contributed by atoms with Gasteiger partial charge in [0.15, 0.2) is 0 Å². The number of hydrogen-bond acceptors (Lipinski definition) is 3. The van der Waals surface area contributed by atoms with E-state index in [1.807, 2.05) is 25.2 Å². The molecule has 106 valence electrons. The van der Waals surface area contributed by atoms with Gasteiger partial charge in [-0.15, -0.1) is 0 Å². The Hall–Kier alpha value is -0.900. The zero-order chi connectivity index (χ0) is 13.7. The molecule has 19 heavy (non-hydrogen) atoms. The van der Waals surface area contributed by atoms with Gasteiger partial charge in [0.2, 0.25) is 0 Å². The zero-order valence-electron chi connectivity index (χ0n) is 12.1. The molecule has 1 fully saturated rings. The SMILES string of the molecule is CCCN(CC(CO)(NC)c1ccccc1)C1CC1. The Morgan fingerprint density at radius 1 is 1.32 bits per heavy atom. The third-order valence-electron chi connectivity index (χ3n) is 4.12. The fraction of sp³-hybridized carbons (Fsp3) is 0.625. The fourth-order valence-electron chi connectivity index (χ4n) is 2.76. The van der Waals surface area contributed by atoms with Crippen molar-refractivity contribution in [3.8, 4) is 0 Å². The summed E-state index contributed by atoms with van der Waals surface area (Å²) >= 11 is 0. The van der Waals surface area contributed by atoms with Crippen LogP contribution in [0.2, 0.25) is 0 Å². The van der Waals surface area contributed by atoms with E-state index in [1.54, 1.807) is 0 Å². The molecule has 0 saturated heterocycles. The van der Waals surface area contributed by atoms with Crippen LogP contribution in [0.1, 0.15) is 31.7 Å². The van der Waals surface area contributed by atoms with Gasteiger partial charge in [-0.25, -0.2) is 0 Å². The van der Waals surface area contributed by atoms with Gasteiger partial charge in [0.05, 0.1) is 12.1 Å². The predicted octanol–water partition coefficient (Wildman–Crippen LogP) is 1.97. The number of aliphatic hydroxyl groups excluding tert-OH is 1. The quantitative estimate of drug-likeness (QED) is 0.752. The Kier molecular flexibility index (Phi) is 4.97. The normalized spacial score (nSPS) is 18.5. The van der Waals surface area contributed by atoms with Crippen LogP contribution in [0.3, 0.4) is 0 Å². The van der Waals surface area contributed by atoms with E-state index in [0.717, 1.165) is 25.6 Å². The predicted molar refractivity (Wildman–Crippen MR) is 79.2 cm³/mol. The highest BCUT2D eigenvalue weighted by Gasteiger charge is 2.37. The molecule has 3 nitrogen and oxygen atoms in total. The number of nitrogens with one attached hydrogen (secondary N) is 1. The Morgan fingerprint density at radius 2 is 2.00 bits per heavy atom. The van der Waals surface area contributed by atoms with Crippen molar-refractivity contribution < 1.29 is 5.11 Å². The Morgan fingerprint density at radius 3 is 2.47 bits per heavy atom. The summed E-state index contributed by atoms with van der Waals surface area (Å²) in [4.78, 5) is 2.53. The lowest BCUT2D eigenvalue weighted by atomic mass is 9.90. The second-order valence-corrected chi connectivity index (χ2v) is 5.56. The van der Waals surface area contributed by atoms with Gasteiger partial charge < -0.3 is 10.4 Å². The number of rotatable bonds is 8. The van der Waals surface area contributed by atoms with Crippen LogP contribution in [0.5, 0.6) is 0 Å². The lowest BCUT2D eigenvalue weighted by Crippen LogP contribution is -2.53. The molecular formula is C16H26N2O. The molecule has 1 aliphatic rings. The van der Waals surface area contributed by atoms with Gasteiger partial charge in [-0.2, -0.15) is 0 Å². The minimum Gasteiger partial charge on any atom is -0.394 e. The van der Waals surface area contributed by atoms with Crippen LogP contribution in [0.25, 0.3) is 0 Å². The zero-order valence-corrected chi connectivity index (χ0v) is 12.1. The van der Waals surface area contributed by atoms with E-state index in [-0.39, 0.29) is 12.1 Å². The second-order valence-electron chi connectivity index (χ2n) is 5.56. The molecule has 1 atom stereocenters. The first-order valence-corrected chi connectivity index (χ1v) is 7.35. The summed E-state index contributed by atoms with van der Waals surface area (Å²) in [7, 11) is 1.94. The van der Waals surface area contributed by atoms with E-state index in [0.29, 0.717) is 0 Å². The fourth-order valence-corrected chi connectivity index (χ4v) is 2.76. The highest BCUT2D eigenvalue weighted by molar-refractivity contribution is 5.25. The summed E-state index contributed by atoms with van der Waals surface area (Å²) in [5.74, 6) is 0. The molecule has 1 aliphatic carbocycles. The van der Waals surface area contributed by atoms with Crippen molar-refractivity contribution in [3.05, 3.63) is 35.9 Å². The molecule has 3 heteroatoms. The Labute approximate surface area is 116 Å². The average molecular weight is 262 g/mol. The summed E-state index contributed by atoms with van der Waals surface area (Å²) in [6, 6.07) is 11.0. The number of benzene rings is 1. The summed E-state index contributed by atoms with van der Waals surface area (Å²) in [5, 5.41) is 13.3. The van der Waals surface area contributed by atoms with Gasteiger partial charge in [-0.1, -0.05) is 37.3 Å². The topological polar surface area (TPSA) is 35.5 Å². The van der Waals surface area contributed by atoms with Crippen molar-refractivity contribution in [1.82, 2.24) is 10.2 Å². The van der Waals surface area contributed by atoms with Gasteiger partial charge >= 0.3 is 0 Å². The van der Waals surface area contributed by atoms with Crippen LogP contribution in [0, 0.1) is 0 Å². The molecule has 0 heterocycles. The standard InChI is InChI=1S/C16H26N2O/c1-3-11-18(15-9-10-15)12-16(13-19,17-2)14-7-5-4-6-8-14/h4-8,15,17,19H,3,9-13H2,1-2H3. The van der Waals surface area contributed by atoms with Crippen molar-refractivity contribution in [2.45, 2.75) is 37.8 Å². The van der Waals surface area contributed by atoms with Gasteiger partial charge in [-0.3, -0.25) is 4.90 Å². The van der Waals surface area contributed by atoms with Crippen molar-refractivity contribution in [1.29, 1.82) is 0 Å². The third kappa shape index (κ3) is 3.35. The largest absolute Gasteiger partial charge is 0.394 e. The summed E-state index contributed by atoms with van der Waals surface area (Å²) in [6.45, 7) is 4.34. The number of hydrogen-bond donors (Lipinski definition) is 2. The summed E-state index contributed by atoms with van der Waals surface area (Å²) < 4.78 is 0. The van der Waals surface area contributed by atoms with Gasteiger partial charge in [-0.05, 0) is 38.4 Å². The van der Waals surface area contributed by atoms with E-state index < -0.39 is 0 Å². The maximum Gasteiger partial charge on any atom is 0.0795 e. The van der Waals surface area contributed by atoms with Crippen LogP contribution in [-0.2, 0) is 5.54 Å². The smallest absolute Gasteiger partial charge is 0.0795 e. The lowest BCUT2D eigenvalue weighted by molar-refractivity contribution is 0.108. The van der Waals surface area contributed by atoms with Crippen molar-refractivity contribution >= 4 is 0 Å². The molecule has 0 aromatic heterocycles. The van der Waals surface area contributed by atoms with Gasteiger partial charge in [0.1, 0.15) is 0 Å². The Balaban J connectivity index is 2.18. The monoisotopic (exact) mass is 262 g/mol. The molecule has 0 bridgehead atoms. The molecule has 2 rings (SSSR count). The van der Waals surface area contributed by atoms with E-state index >= 15 is 0 Å². The molecule has 2 N–H and O–H groups in total. The number of aliphatic hydroxyl groups is 1. The van der Waals surface area contributed by atoms with E-state index in [4.69, 9.17) is 0 Å². The van der Waals surface area contributed by atoms with Crippen LogP contribution in [0.15, 0.2) is 30.3 Å². The van der Waals surface area contributed by atoms with Crippen molar-refractivity contribution in [3.63, 3.8) is 0 Å². The first-order valence-electron chi connectivity index (χ1n) is 7.35. The highest BCUT2D eigenvalue weighted by Crippen LogP contribution is 2.31. The molecular weight excluding hydrogens is 236 g/mol. The number of nitrogens with zero attached hydrogens (tertiary/aromatic N) is 1. The van der Waals surface area contributed by atoms with E-state index in [1.165, 1.54) is 18.4 Å². The molecule has 0 amide bonds. The molecule has 1 aromatic carbocycles. The number of likely N-dealkylation sites (N-methyl/N-ethyl adjacent to an activating group) is 1. The van der Waals surface area contributed by atoms with Crippen LogP contribution >= 0.6 is 0 Å². The highest BCUT2D eigenvalue weighted by atomic mass is 16.3. The maximum absolute atomic E-state index is 9.96. The molecule has 1 aromatic rings. The molecule has 1 saturated carbocycles. The molecule has 1 unspecified atom stereocenters. The van der Waals surface area contributed by atoms with E-state index in [9.17, 15) is 5.11 Å². The molecule has 0 spiro atoms.